The van der Waals surface area contributed by atoms with Crippen LogP contribution in [-0.2, 0) is 22.7 Å². The van der Waals surface area contributed by atoms with E-state index in [1.54, 1.807) is 16.2 Å². The number of anilines is 1. The first-order valence-electron chi connectivity index (χ1n) is 9.75. The molecule has 8 heteroatoms. The van der Waals surface area contributed by atoms with Crippen molar-refractivity contribution >= 4 is 46.2 Å². The maximum atomic E-state index is 13.3. The Morgan fingerprint density at radius 2 is 1.77 bits per heavy atom. The molecule has 2 heterocycles. The van der Waals surface area contributed by atoms with Gasteiger partial charge in [-0.25, -0.2) is 4.39 Å². The number of rotatable bonds is 7. The van der Waals surface area contributed by atoms with Gasteiger partial charge in [0, 0.05) is 10.6 Å². The van der Waals surface area contributed by atoms with Crippen LogP contribution in [0.5, 0.6) is 0 Å². The van der Waals surface area contributed by atoms with E-state index < -0.39 is 6.04 Å². The Bertz CT molecular complexity index is 1070. The third-order valence-electron chi connectivity index (χ3n) is 5.00. The van der Waals surface area contributed by atoms with Crippen molar-refractivity contribution in [2.24, 2.45) is 0 Å². The first kappa shape index (κ1) is 21.1. The third-order valence-corrected chi connectivity index (χ3v) is 6.32. The van der Waals surface area contributed by atoms with E-state index in [-0.39, 0.29) is 24.1 Å². The fourth-order valence-electron chi connectivity index (χ4n) is 3.47. The highest BCUT2D eigenvalue weighted by Crippen LogP contribution is 2.26. The molecule has 0 bridgehead atoms. The van der Waals surface area contributed by atoms with E-state index in [0.29, 0.717) is 23.9 Å². The lowest BCUT2D eigenvalue weighted by molar-refractivity contribution is -0.131. The molecule has 4 rings (SSSR count). The molecular formula is C23H20FN3O2S2. The first-order chi connectivity index (χ1) is 15.0. The zero-order valence-electron chi connectivity index (χ0n) is 16.5. The fourth-order valence-corrected chi connectivity index (χ4v) is 4.52. The van der Waals surface area contributed by atoms with E-state index >= 15 is 0 Å². The zero-order valence-corrected chi connectivity index (χ0v) is 18.2. The van der Waals surface area contributed by atoms with Gasteiger partial charge < -0.3 is 10.2 Å². The van der Waals surface area contributed by atoms with E-state index in [1.165, 1.54) is 24.3 Å². The van der Waals surface area contributed by atoms with Crippen LogP contribution in [0.1, 0.15) is 16.9 Å². The predicted octanol–water partition coefficient (Wildman–Crippen LogP) is 4.41. The van der Waals surface area contributed by atoms with Gasteiger partial charge in [0.2, 0.25) is 5.91 Å². The van der Waals surface area contributed by atoms with E-state index in [4.69, 9.17) is 12.2 Å². The SMILES string of the molecule is O=C(C[C@@H]1C(=O)N(Cc2ccccc2)C(=S)N1Cc1cccs1)Nc1ccc(F)cc1. The summed E-state index contributed by atoms with van der Waals surface area (Å²) < 4.78 is 13.1. The lowest BCUT2D eigenvalue weighted by Crippen LogP contribution is -2.37. The molecule has 2 amide bonds. The minimum atomic E-state index is -0.696. The Labute approximate surface area is 189 Å². The van der Waals surface area contributed by atoms with Gasteiger partial charge in [-0.1, -0.05) is 36.4 Å². The van der Waals surface area contributed by atoms with Gasteiger partial charge in [0.05, 0.1) is 19.5 Å². The molecule has 1 aromatic heterocycles. The second-order valence-electron chi connectivity index (χ2n) is 7.17. The second kappa shape index (κ2) is 9.36. The molecule has 1 fully saturated rings. The number of benzene rings is 2. The lowest BCUT2D eigenvalue weighted by atomic mass is 10.1. The van der Waals surface area contributed by atoms with Gasteiger partial charge in [0.1, 0.15) is 11.9 Å². The maximum Gasteiger partial charge on any atom is 0.252 e. The molecule has 0 aliphatic carbocycles. The highest BCUT2D eigenvalue weighted by atomic mass is 32.1. The Morgan fingerprint density at radius 1 is 1.03 bits per heavy atom. The number of amides is 2. The normalized spacial score (nSPS) is 16.1. The van der Waals surface area contributed by atoms with Gasteiger partial charge in [-0.15, -0.1) is 11.3 Å². The molecule has 0 spiro atoms. The molecule has 3 aromatic rings. The summed E-state index contributed by atoms with van der Waals surface area (Å²) in [5.41, 5.74) is 1.44. The minimum Gasteiger partial charge on any atom is -0.331 e. The Kier molecular flexibility index (Phi) is 6.39. The lowest BCUT2D eigenvalue weighted by Gasteiger charge is -2.23. The van der Waals surface area contributed by atoms with Crippen molar-refractivity contribution in [1.29, 1.82) is 0 Å². The summed E-state index contributed by atoms with van der Waals surface area (Å²) in [6.07, 6.45) is -0.0486. The van der Waals surface area contributed by atoms with Gasteiger partial charge >= 0.3 is 0 Å². The van der Waals surface area contributed by atoms with E-state index in [9.17, 15) is 14.0 Å². The van der Waals surface area contributed by atoms with Crippen LogP contribution in [0.3, 0.4) is 0 Å². The number of halogens is 1. The van der Waals surface area contributed by atoms with Crippen LogP contribution in [-0.4, -0.2) is 32.8 Å². The Morgan fingerprint density at radius 3 is 2.45 bits per heavy atom. The van der Waals surface area contributed by atoms with Gasteiger partial charge in [-0.05, 0) is 53.5 Å². The molecule has 1 N–H and O–H groups in total. The zero-order chi connectivity index (χ0) is 21.8. The first-order valence-corrected chi connectivity index (χ1v) is 11.0. The average molecular weight is 454 g/mol. The Balaban J connectivity index is 1.53. The maximum absolute atomic E-state index is 13.3. The van der Waals surface area contributed by atoms with Gasteiger partial charge in [0.25, 0.3) is 5.91 Å². The van der Waals surface area contributed by atoms with Crippen LogP contribution in [0.2, 0.25) is 0 Å². The number of nitrogens with zero attached hydrogens (tertiary/aromatic N) is 2. The van der Waals surface area contributed by atoms with Gasteiger partial charge in [-0.3, -0.25) is 14.5 Å². The molecule has 1 saturated heterocycles. The molecule has 0 saturated carbocycles. The summed E-state index contributed by atoms with van der Waals surface area (Å²) in [6.45, 7) is 0.817. The summed E-state index contributed by atoms with van der Waals surface area (Å²) in [5.74, 6) is -0.904. The average Bonchev–Trinajstić information content (AvgIpc) is 3.35. The molecule has 1 atom stereocenters. The molecular weight excluding hydrogens is 433 g/mol. The monoisotopic (exact) mass is 453 g/mol. The molecule has 0 radical (unpaired) electrons. The van der Waals surface area contributed by atoms with Crippen molar-refractivity contribution < 1.29 is 14.0 Å². The Hall–Kier alpha value is -3.10. The number of thiophene rings is 1. The number of carbonyl (C=O) groups excluding carboxylic acids is 2. The molecule has 158 valence electrons. The summed E-state index contributed by atoms with van der Waals surface area (Å²) in [7, 11) is 0. The van der Waals surface area contributed by atoms with E-state index in [0.717, 1.165) is 10.4 Å². The standard InChI is InChI=1S/C23H20FN3O2S2/c24-17-8-10-18(11-9-17)25-21(28)13-20-22(29)27(14-16-5-2-1-3-6-16)23(30)26(20)15-19-7-4-12-31-19/h1-12,20H,13-15H2,(H,25,28)/t20-/m1/s1. The van der Waals surface area contributed by atoms with Crippen molar-refractivity contribution in [3.05, 3.63) is 88.4 Å². The van der Waals surface area contributed by atoms with Crippen molar-refractivity contribution in [3.63, 3.8) is 0 Å². The molecule has 1 aliphatic heterocycles. The number of hydrogen-bond donors (Lipinski definition) is 1. The van der Waals surface area contributed by atoms with Crippen LogP contribution in [0.4, 0.5) is 10.1 Å². The molecule has 5 nitrogen and oxygen atoms in total. The third kappa shape index (κ3) is 4.98. The fraction of sp³-hybridized carbons (Fsp3) is 0.174. The van der Waals surface area contributed by atoms with Crippen molar-refractivity contribution in [1.82, 2.24) is 9.80 Å². The number of hydrogen-bond acceptors (Lipinski definition) is 4. The molecule has 2 aromatic carbocycles. The largest absolute Gasteiger partial charge is 0.331 e. The number of thiocarbonyl (C=S) groups is 1. The van der Waals surface area contributed by atoms with Crippen molar-refractivity contribution in [3.8, 4) is 0 Å². The van der Waals surface area contributed by atoms with Crippen molar-refractivity contribution in [2.75, 3.05) is 5.32 Å². The van der Waals surface area contributed by atoms with E-state index in [1.807, 2.05) is 52.7 Å². The van der Waals surface area contributed by atoms with E-state index in [2.05, 4.69) is 5.32 Å². The molecule has 0 unspecified atom stereocenters. The van der Waals surface area contributed by atoms with Crippen LogP contribution in [0, 0.1) is 5.82 Å². The highest BCUT2D eigenvalue weighted by Gasteiger charge is 2.43. The number of carbonyl (C=O) groups is 2. The smallest absolute Gasteiger partial charge is 0.252 e. The van der Waals surface area contributed by atoms with Crippen LogP contribution < -0.4 is 5.32 Å². The quantitative estimate of drug-likeness (QED) is 0.539. The van der Waals surface area contributed by atoms with Gasteiger partial charge in [-0.2, -0.15) is 0 Å². The van der Waals surface area contributed by atoms with Crippen molar-refractivity contribution in [2.45, 2.75) is 25.6 Å². The summed E-state index contributed by atoms with van der Waals surface area (Å²) in [5, 5.41) is 5.12. The summed E-state index contributed by atoms with van der Waals surface area (Å²) >= 11 is 7.22. The summed E-state index contributed by atoms with van der Waals surface area (Å²) in [6, 6.07) is 18.4. The highest BCUT2D eigenvalue weighted by molar-refractivity contribution is 7.80. The number of nitrogens with one attached hydrogen (secondary N) is 1. The molecule has 1 aliphatic rings. The minimum absolute atomic E-state index is 0.0486. The second-order valence-corrected chi connectivity index (χ2v) is 8.57. The van der Waals surface area contributed by atoms with Gasteiger partial charge in [0.15, 0.2) is 5.11 Å². The predicted molar refractivity (Wildman–Crippen MR) is 123 cm³/mol. The topological polar surface area (TPSA) is 52.7 Å². The van der Waals surface area contributed by atoms with Crippen LogP contribution in [0.15, 0.2) is 72.1 Å². The molecule has 31 heavy (non-hydrogen) atoms. The summed E-state index contributed by atoms with van der Waals surface area (Å²) in [4.78, 5) is 30.4. The van der Waals surface area contributed by atoms with Crippen LogP contribution >= 0.6 is 23.6 Å². The van der Waals surface area contributed by atoms with Crippen LogP contribution in [0.25, 0.3) is 0 Å².